The normalized spacial score (nSPS) is 20.1. The van der Waals surface area contributed by atoms with E-state index in [2.05, 4.69) is 36.5 Å². The number of hydrogen-bond acceptors (Lipinski definition) is 4. The maximum absolute atomic E-state index is 13.1. The number of amides is 4. The summed E-state index contributed by atoms with van der Waals surface area (Å²) in [6.45, 7) is 7.72. The Bertz CT molecular complexity index is 1080. The lowest BCUT2D eigenvalue weighted by molar-refractivity contribution is -0.139. The second-order valence-corrected chi connectivity index (χ2v) is 9.34. The van der Waals surface area contributed by atoms with Crippen LogP contribution in [0.4, 0.5) is 4.79 Å². The fraction of sp³-hybridized carbons (Fsp3) is 0.440. The first-order chi connectivity index (χ1) is 15.2. The number of nitrogens with one attached hydrogen (secondary N) is 1. The molecule has 1 unspecified atom stereocenters. The van der Waals surface area contributed by atoms with E-state index in [-0.39, 0.29) is 24.4 Å². The van der Waals surface area contributed by atoms with Crippen molar-refractivity contribution < 1.29 is 14.4 Å². The van der Waals surface area contributed by atoms with Gasteiger partial charge in [-0.05, 0) is 75.8 Å². The summed E-state index contributed by atoms with van der Waals surface area (Å²) in [5, 5.41) is 2.63. The number of imide groups is 1. The van der Waals surface area contributed by atoms with Gasteiger partial charge in [0.1, 0.15) is 12.1 Å². The molecule has 1 aromatic heterocycles. The number of benzene rings is 1. The van der Waals surface area contributed by atoms with Crippen molar-refractivity contribution in [1.82, 2.24) is 20.1 Å². The van der Waals surface area contributed by atoms with Crippen molar-refractivity contribution in [3.63, 3.8) is 0 Å². The molecular formula is C25H30N4O3. The summed E-state index contributed by atoms with van der Waals surface area (Å²) in [5.41, 5.74) is 4.49. The lowest BCUT2D eigenvalue weighted by atomic mass is 9.98. The molecule has 7 nitrogen and oxygen atoms in total. The first-order valence-corrected chi connectivity index (χ1v) is 11.1. The number of carbonyl (C=O) groups is 3. The third-order valence-electron chi connectivity index (χ3n) is 6.34. The van der Waals surface area contributed by atoms with Gasteiger partial charge in [0, 0.05) is 12.2 Å². The molecule has 1 N–H and O–H groups in total. The van der Waals surface area contributed by atoms with E-state index in [9.17, 15) is 14.4 Å². The van der Waals surface area contributed by atoms with E-state index in [0.717, 1.165) is 41.1 Å². The van der Waals surface area contributed by atoms with E-state index in [1.165, 1.54) is 11.1 Å². The van der Waals surface area contributed by atoms with Gasteiger partial charge in [-0.1, -0.05) is 24.3 Å². The van der Waals surface area contributed by atoms with Gasteiger partial charge in [0.2, 0.25) is 5.91 Å². The molecule has 0 bridgehead atoms. The molecular weight excluding hydrogens is 404 g/mol. The number of urea groups is 1. The summed E-state index contributed by atoms with van der Waals surface area (Å²) in [6, 6.07) is 11.8. The first-order valence-electron chi connectivity index (χ1n) is 11.1. The number of hydrogen-bond donors (Lipinski definition) is 1. The van der Waals surface area contributed by atoms with Crippen LogP contribution in [0.5, 0.6) is 0 Å². The predicted molar refractivity (Wildman–Crippen MR) is 121 cm³/mol. The Balaban J connectivity index is 1.54. The van der Waals surface area contributed by atoms with E-state index in [0.29, 0.717) is 6.54 Å². The fourth-order valence-corrected chi connectivity index (χ4v) is 4.63. The van der Waals surface area contributed by atoms with Crippen LogP contribution in [0.1, 0.15) is 60.8 Å². The van der Waals surface area contributed by atoms with Crippen molar-refractivity contribution in [2.24, 2.45) is 0 Å². The van der Waals surface area contributed by atoms with Gasteiger partial charge in [-0.3, -0.25) is 19.5 Å². The van der Waals surface area contributed by atoms with Crippen molar-refractivity contribution in [2.45, 2.75) is 58.5 Å². The highest BCUT2D eigenvalue weighted by atomic mass is 16.2. The molecule has 2 aliphatic heterocycles. The summed E-state index contributed by atoms with van der Waals surface area (Å²) in [4.78, 5) is 45.3. The summed E-state index contributed by atoms with van der Waals surface area (Å²) in [5.74, 6) is -0.599. The van der Waals surface area contributed by atoms with Gasteiger partial charge in [0.25, 0.3) is 5.91 Å². The maximum atomic E-state index is 13.1. The first kappa shape index (κ1) is 22.0. The van der Waals surface area contributed by atoms with Gasteiger partial charge in [-0.2, -0.15) is 0 Å². The van der Waals surface area contributed by atoms with E-state index in [1.54, 1.807) is 18.7 Å². The Morgan fingerprint density at radius 1 is 1.19 bits per heavy atom. The Morgan fingerprint density at radius 2 is 1.94 bits per heavy atom. The average molecular weight is 435 g/mol. The zero-order valence-electron chi connectivity index (χ0n) is 19.1. The molecule has 2 aliphatic rings. The Kier molecular flexibility index (Phi) is 5.75. The molecule has 0 saturated carbocycles. The van der Waals surface area contributed by atoms with Crippen molar-refractivity contribution in [3.8, 4) is 0 Å². The van der Waals surface area contributed by atoms with Crippen molar-refractivity contribution in [3.05, 3.63) is 64.5 Å². The van der Waals surface area contributed by atoms with Crippen LogP contribution in [0, 0.1) is 13.8 Å². The predicted octanol–water partition coefficient (Wildman–Crippen LogP) is 3.28. The van der Waals surface area contributed by atoms with Gasteiger partial charge >= 0.3 is 6.03 Å². The SMILES string of the molecule is Cc1cc(Cc2ccccc2C)cc(C2CCCN2C(=O)CN2C(=O)NC(C)(C)C2=O)n1. The number of aryl methyl sites for hydroxylation is 2. The number of carbonyl (C=O) groups excluding carboxylic acids is 3. The van der Waals surface area contributed by atoms with Crippen LogP contribution in [0.2, 0.25) is 0 Å². The number of rotatable bonds is 5. The topological polar surface area (TPSA) is 82.6 Å². The molecule has 4 amide bonds. The highest BCUT2D eigenvalue weighted by molar-refractivity contribution is 6.08. The minimum Gasteiger partial charge on any atom is -0.333 e. The molecule has 32 heavy (non-hydrogen) atoms. The van der Waals surface area contributed by atoms with Gasteiger partial charge in [-0.15, -0.1) is 0 Å². The molecule has 7 heteroatoms. The van der Waals surface area contributed by atoms with Crippen molar-refractivity contribution >= 4 is 17.8 Å². The van der Waals surface area contributed by atoms with E-state index in [4.69, 9.17) is 4.98 Å². The average Bonchev–Trinajstić information content (AvgIpc) is 3.28. The second-order valence-electron chi connectivity index (χ2n) is 9.34. The maximum Gasteiger partial charge on any atom is 0.325 e. The van der Waals surface area contributed by atoms with Crippen molar-refractivity contribution in [1.29, 1.82) is 0 Å². The van der Waals surface area contributed by atoms with Crippen LogP contribution in [0.3, 0.4) is 0 Å². The zero-order chi connectivity index (χ0) is 23.0. The lowest BCUT2D eigenvalue weighted by Crippen LogP contribution is -2.44. The third kappa shape index (κ3) is 4.24. The number of nitrogens with zero attached hydrogens (tertiary/aromatic N) is 3. The quantitative estimate of drug-likeness (QED) is 0.732. The monoisotopic (exact) mass is 434 g/mol. The largest absolute Gasteiger partial charge is 0.333 e. The minimum atomic E-state index is -0.982. The second kappa shape index (κ2) is 8.37. The van der Waals surface area contributed by atoms with Gasteiger partial charge in [0.05, 0.1) is 11.7 Å². The van der Waals surface area contributed by atoms with E-state index < -0.39 is 11.6 Å². The summed E-state index contributed by atoms with van der Waals surface area (Å²) in [6.07, 6.45) is 2.49. The fourth-order valence-electron chi connectivity index (χ4n) is 4.63. The van der Waals surface area contributed by atoms with Gasteiger partial charge in [0.15, 0.2) is 0 Å². The van der Waals surface area contributed by atoms with Crippen LogP contribution in [0.15, 0.2) is 36.4 Å². The molecule has 0 aliphatic carbocycles. The smallest absolute Gasteiger partial charge is 0.325 e. The van der Waals surface area contributed by atoms with E-state index >= 15 is 0 Å². The van der Waals surface area contributed by atoms with Gasteiger partial charge < -0.3 is 10.2 Å². The molecule has 1 atom stereocenters. The van der Waals surface area contributed by atoms with Crippen LogP contribution in [-0.2, 0) is 16.0 Å². The van der Waals surface area contributed by atoms with Gasteiger partial charge in [-0.25, -0.2) is 4.79 Å². The van der Waals surface area contributed by atoms with Crippen molar-refractivity contribution in [2.75, 3.05) is 13.1 Å². The molecule has 1 aromatic carbocycles. The number of aromatic nitrogens is 1. The number of likely N-dealkylation sites (tertiary alicyclic amines) is 1. The molecule has 0 spiro atoms. The summed E-state index contributed by atoms with van der Waals surface area (Å²) >= 11 is 0. The van der Waals surface area contributed by atoms with Crippen LogP contribution < -0.4 is 5.32 Å². The highest BCUT2D eigenvalue weighted by Crippen LogP contribution is 2.32. The summed E-state index contributed by atoms with van der Waals surface area (Å²) < 4.78 is 0. The van der Waals surface area contributed by atoms with Crippen LogP contribution in [-0.4, -0.2) is 51.3 Å². The summed E-state index contributed by atoms with van der Waals surface area (Å²) in [7, 11) is 0. The minimum absolute atomic E-state index is 0.146. The highest BCUT2D eigenvalue weighted by Gasteiger charge is 2.46. The molecule has 0 radical (unpaired) electrons. The molecule has 3 heterocycles. The molecule has 2 fully saturated rings. The Morgan fingerprint density at radius 3 is 2.62 bits per heavy atom. The molecule has 2 aromatic rings. The number of pyridine rings is 1. The van der Waals surface area contributed by atoms with Crippen LogP contribution in [0.25, 0.3) is 0 Å². The van der Waals surface area contributed by atoms with E-state index in [1.807, 2.05) is 19.1 Å². The molecule has 4 rings (SSSR count). The molecule has 168 valence electrons. The lowest BCUT2D eigenvalue weighted by Gasteiger charge is -2.26. The Hall–Kier alpha value is -3.22. The zero-order valence-corrected chi connectivity index (χ0v) is 19.1. The Labute approximate surface area is 188 Å². The standard InChI is InChI=1S/C25H30N4O3/c1-16-8-5-6-9-19(16)13-18-12-17(2)26-20(14-18)21-10-7-11-28(21)22(30)15-29-23(31)25(3,4)27-24(29)32/h5-6,8-9,12,14,21H,7,10-11,13,15H2,1-4H3,(H,27,32). The third-order valence-corrected chi connectivity index (χ3v) is 6.34. The van der Waals surface area contributed by atoms with Crippen LogP contribution >= 0.6 is 0 Å². The molecule has 2 saturated heterocycles.